The van der Waals surface area contributed by atoms with Crippen LogP contribution in [0.2, 0.25) is 0 Å². The number of carbonyl (C=O) groups is 1. The molecule has 1 aromatic rings. The quantitative estimate of drug-likeness (QED) is 0.848. The number of thiophene rings is 1. The van der Waals surface area contributed by atoms with Crippen molar-refractivity contribution >= 4 is 17.2 Å². The molecule has 1 fully saturated rings. The van der Waals surface area contributed by atoms with Crippen LogP contribution in [-0.2, 0) is 16.1 Å². The Morgan fingerprint density at radius 1 is 1.40 bits per heavy atom. The highest BCUT2D eigenvalue weighted by molar-refractivity contribution is 7.09. The van der Waals surface area contributed by atoms with Crippen molar-refractivity contribution in [1.82, 2.24) is 4.90 Å². The number of ether oxygens (including phenoxy) is 1. The van der Waals surface area contributed by atoms with Crippen molar-refractivity contribution in [2.45, 2.75) is 52.6 Å². The van der Waals surface area contributed by atoms with Gasteiger partial charge in [-0.15, -0.1) is 11.3 Å². The second-order valence-electron chi connectivity index (χ2n) is 6.68. The molecule has 2 rings (SSSR count). The summed E-state index contributed by atoms with van der Waals surface area (Å²) in [7, 11) is 0. The van der Waals surface area contributed by atoms with Gasteiger partial charge in [0.25, 0.3) is 0 Å². The Kier molecular flexibility index (Phi) is 5.22. The SMILES string of the molecule is CC(C)(C)CC(=O)N(Cc1cccs1)C1CCOCC1. The Balaban J connectivity index is 2.08. The van der Waals surface area contributed by atoms with E-state index in [2.05, 4.69) is 43.2 Å². The second kappa shape index (κ2) is 6.72. The zero-order valence-corrected chi connectivity index (χ0v) is 13.5. The zero-order valence-electron chi connectivity index (χ0n) is 12.7. The van der Waals surface area contributed by atoms with E-state index in [1.807, 2.05) is 0 Å². The van der Waals surface area contributed by atoms with Crippen molar-refractivity contribution in [1.29, 1.82) is 0 Å². The lowest BCUT2D eigenvalue weighted by Crippen LogP contribution is -2.43. The lowest BCUT2D eigenvalue weighted by atomic mass is 9.91. The molecule has 1 aliphatic rings. The predicted octanol–water partition coefficient (Wildman–Crippen LogP) is 3.69. The van der Waals surface area contributed by atoms with Crippen LogP contribution in [0.25, 0.3) is 0 Å². The highest BCUT2D eigenvalue weighted by Gasteiger charge is 2.28. The van der Waals surface area contributed by atoms with Crippen LogP contribution in [0.4, 0.5) is 0 Å². The van der Waals surface area contributed by atoms with Crippen molar-refractivity contribution in [2.24, 2.45) is 5.41 Å². The predicted molar refractivity (Wildman–Crippen MR) is 82.8 cm³/mol. The van der Waals surface area contributed by atoms with Gasteiger partial charge in [0.2, 0.25) is 5.91 Å². The fourth-order valence-electron chi connectivity index (χ4n) is 2.54. The second-order valence-corrected chi connectivity index (χ2v) is 7.71. The molecule has 0 bridgehead atoms. The number of hydrogen-bond donors (Lipinski definition) is 0. The van der Waals surface area contributed by atoms with E-state index in [1.54, 1.807) is 11.3 Å². The normalized spacial score (nSPS) is 17.1. The molecule has 0 atom stereocenters. The van der Waals surface area contributed by atoms with Gasteiger partial charge in [-0.2, -0.15) is 0 Å². The van der Waals surface area contributed by atoms with Crippen molar-refractivity contribution in [3.8, 4) is 0 Å². The summed E-state index contributed by atoms with van der Waals surface area (Å²) in [5, 5.41) is 2.08. The summed E-state index contributed by atoms with van der Waals surface area (Å²) in [6.45, 7) is 8.66. The average Bonchev–Trinajstić information content (AvgIpc) is 2.87. The van der Waals surface area contributed by atoms with Crippen LogP contribution in [0.3, 0.4) is 0 Å². The number of nitrogens with zero attached hydrogens (tertiary/aromatic N) is 1. The summed E-state index contributed by atoms with van der Waals surface area (Å²) in [4.78, 5) is 16.0. The molecular formula is C16H25NO2S. The standard InChI is InChI=1S/C16H25NO2S/c1-16(2,3)11-15(18)17(12-14-5-4-10-20-14)13-6-8-19-9-7-13/h4-5,10,13H,6-9,11-12H2,1-3H3. The topological polar surface area (TPSA) is 29.5 Å². The van der Waals surface area contributed by atoms with Gasteiger partial charge in [0, 0.05) is 30.6 Å². The fourth-order valence-corrected chi connectivity index (χ4v) is 3.25. The van der Waals surface area contributed by atoms with Gasteiger partial charge in [0.1, 0.15) is 0 Å². The summed E-state index contributed by atoms with van der Waals surface area (Å²) in [5.41, 5.74) is 0.0376. The van der Waals surface area contributed by atoms with Gasteiger partial charge in [0.15, 0.2) is 0 Å². The lowest BCUT2D eigenvalue weighted by molar-refractivity contribution is -0.138. The van der Waals surface area contributed by atoms with Crippen LogP contribution in [0.15, 0.2) is 17.5 Å². The smallest absolute Gasteiger partial charge is 0.223 e. The highest BCUT2D eigenvalue weighted by Crippen LogP contribution is 2.25. The third-order valence-electron chi connectivity index (χ3n) is 3.54. The molecule has 0 N–H and O–H groups in total. The van der Waals surface area contributed by atoms with Gasteiger partial charge in [-0.3, -0.25) is 4.79 Å². The molecule has 4 heteroatoms. The first-order valence-corrected chi connectivity index (χ1v) is 8.23. The molecule has 1 saturated heterocycles. The van der Waals surface area contributed by atoms with Crippen LogP contribution < -0.4 is 0 Å². The zero-order chi connectivity index (χ0) is 14.6. The number of amides is 1. The molecule has 0 spiro atoms. The summed E-state index contributed by atoms with van der Waals surface area (Å²) in [5.74, 6) is 0.276. The van der Waals surface area contributed by atoms with E-state index in [9.17, 15) is 4.79 Å². The van der Waals surface area contributed by atoms with Crippen molar-refractivity contribution in [2.75, 3.05) is 13.2 Å². The van der Waals surface area contributed by atoms with E-state index < -0.39 is 0 Å². The monoisotopic (exact) mass is 295 g/mol. The summed E-state index contributed by atoms with van der Waals surface area (Å²) in [6.07, 6.45) is 2.53. The molecule has 0 aromatic carbocycles. The maximum atomic E-state index is 12.7. The largest absolute Gasteiger partial charge is 0.381 e. The molecule has 1 amide bonds. The highest BCUT2D eigenvalue weighted by atomic mass is 32.1. The molecule has 0 aliphatic carbocycles. The number of hydrogen-bond acceptors (Lipinski definition) is 3. The number of carbonyl (C=O) groups excluding carboxylic acids is 1. The average molecular weight is 295 g/mol. The fraction of sp³-hybridized carbons (Fsp3) is 0.688. The maximum Gasteiger partial charge on any atom is 0.223 e. The van der Waals surface area contributed by atoms with Gasteiger partial charge < -0.3 is 9.64 Å². The molecule has 1 aliphatic heterocycles. The first kappa shape index (κ1) is 15.5. The molecule has 20 heavy (non-hydrogen) atoms. The molecule has 0 saturated carbocycles. The van der Waals surface area contributed by atoms with E-state index in [1.165, 1.54) is 4.88 Å². The summed E-state index contributed by atoms with van der Waals surface area (Å²) >= 11 is 1.73. The Morgan fingerprint density at radius 2 is 2.10 bits per heavy atom. The van der Waals surface area contributed by atoms with Gasteiger partial charge in [0.05, 0.1) is 6.54 Å². The first-order valence-electron chi connectivity index (χ1n) is 7.35. The van der Waals surface area contributed by atoms with Gasteiger partial charge in [-0.05, 0) is 29.7 Å². The van der Waals surface area contributed by atoms with Crippen molar-refractivity contribution in [3.05, 3.63) is 22.4 Å². The van der Waals surface area contributed by atoms with Crippen molar-refractivity contribution in [3.63, 3.8) is 0 Å². The van der Waals surface area contributed by atoms with E-state index in [0.29, 0.717) is 12.5 Å². The van der Waals surface area contributed by atoms with Crippen LogP contribution in [0, 0.1) is 5.41 Å². The van der Waals surface area contributed by atoms with Gasteiger partial charge in [-0.1, -0.05) is 26.8 Å². The van der Waals surface area contributed by atoms with Crippen LogP contribution in [-0.4, -0.2) is 30.1 Å². The van der Waals surface area contributed by atoms with Crippen molar-refractivity contribution < 1.29 is 9.53 Å². The van der Waals surface area contributed by atoms with Crippen LogP contribution in [0.1, 0.15) is 44.9 Å². The molecule has 1 aromatic heterocycles. The minimum Gasteiger partial charge on any atom is -0.381 e. The van der Waals surface area contributed by atoms with Gasteiger partial charge >= 0.3 is 0 Å². The molecule has 0 unspecified atom stereocenters. The first-order chi connectivity index (χ1) is 9.46. The minimum atomic E-state index is 0.0376. The number of rotatable bonds is 4. The van der Waals surface area contributed by atoms with E-state index in [4.69, 9.17) is 4.74 Å². The van der Waals surface area contributed by atoms with E-state index in [0.717, 1.165) is 32.6 Å². The molecule has 0 radical (unpaired) electrons. The van der Waals surface area contributed by atoms with Crippen LogP contribution in [0.5, 0.6) is 0 Å². The van der Waals surface area contributed by atoms with E-state index >= 15 is 0 Å². The molecule has 2 heterocycles. The van der Waals surface area contributed by atoms with Crippen LogP contribution >= 0.6 is 11.3 Å². The third-order valence-corrected chi connectivity index (χ3v) is 4.40. The third kappa shape index (κ3) is 4.60. The lowest BCUT2D eigenvalue weighted by Gasteiger charge is -2.35. The Hall–Kier alpha value is -0.870. The minimum absolute atomic E-state index is 0.0376. The maximum absolute atomic E-state index is 12.7. The van der Waals surface area contributed by atoms with Gasteiger partial charge in [-0.25, -0.2) is 0 Å². The Morgan fingerprint density at radius 3 is 2.65 bits per heavy atom. The molecular weight excluding hydrogens is 270 g/mol. The summed E-state index contributed by atoms with van der Waals surface area (Å²) < 4.78 is 5.43. The van der Waals surface area contributed by atoms with E-state index in [-0.39, 0.29) is 11.3 Å². The summed E-state index contributed by atoms with van der Waals surface area (Å²) in [6, 6.07) is 4.50. The molecule has 3 nitrogen and oxygen atoms in total. The molecule has 112 valence electrons. The Bertz CT molecular complexity index is 416. The Labute approximate surface area is 125 Å².